The van der Waals surface area contributed by atoms with Crippen LogP contribution in [-0.2, 0) is 0 Å². The minimum absolute atomic E-state index is 0.288. The third-order valence-electron chi connectivity index (χ3n) is 2.84. The molecule has 2 heteroatoms. The first-order valence-corrected chi connectivity index (χ1v) is 5.58. The van der Waals surface area contributed by atoms with Crippen molar-refractivity contribution in [3.05, 3.63) is 71.8 Å². The second kappa shape index (κ2) is 5.29. The van der Waals surface area contributed by atoms with E-state index in [4.69, 9.17) is 5.73 Å². The summed E-state index contributed by atoms with van der Waals surface area (Å²) in [6.45, 7) is 0. The molecule has 2 N–H and O–H groups in total. The van der Waals surface area contributed by atoms with E-state index in [0.717, 1.165) is 11.1 Å². The molecule has 0 amide bonds. The molecule has 2 atom stereocenters. The Kier molecular flexibility index (Phi) is 3.54. The number of nitrogens with zero attached hydrogens (tertiary/aromatic N) is 1. The highest BCUT2D eigenvalue weighted by atomic mass is 14.7. The number of rotatable bonds is 3. The fourth-order valence-electron chi connectivity index (χ4n) is 1.89. The van der Waals surface area contributed by atoms with E-state index in [1.165, 1.54) is 0 Å². The molecule has 0 saturated heterocycles. The van der Waals surface area contributed by atoms with E-state index in [-0.39, 0.29) is 12.0 Å². The smallest absolute Gasteiger partial charge is 0.0905 e. The van der Waals surface area contributed by atoms with Gasteiger partial charge in [-0.2, -0.15) is 5.26 Å². The van der Waals surface area contributed by atoms with Gasteiger partial charge in [0.15, 0.2) is 0 Å². The summed E-state index contributed by atoms with van der Waals surface area (Å²) >= 11 is 0. The molecule has 0 fully saturated rings. The zero-order valence-corrected chi connectivity index (χ0v) is 9.45. The van der Waals surface area contributed by atoms with E-state index in [1.807, 2.05) is 60.7 Å². The molecule has 0 saturated carbocycles. The van der Waals surface area contributed by atoms with Crippen LogP contribution in [0.25, 0.3) is 0 Å². The Morgan fingerprint density at radius 2 is 1.29 bits per heavy atom. The third-order valence-corrected chi connectivity index (χ3v) is 2.84. The van der Waals surface area contributed by atoms with Crippen LogP contribution >= 0.6 is 0 Å². The van der Waals surface area contributed by atoms with Crippen LogP contribution in [0.15, 0.2) is 60.7 Å². The van der Waals surface area contributed by atoms with E-state index in [0.29, 0.717) is 0 Å². The van der Waals surface area contributed by atoms with Crippen LogP contribution in [0.3, 0.4) is 0 Å². The molecule has 2 unspecified atom stereocenters. The lowest BCUT2D eigenvalue weighted by atomic mass is 9.89. The van der Waals surface area contributed by atoms with Gasteiger partial charge in [-0.3, -0.25) is 0 Å². The molecule has 0 radical (unpaired) electrons. The highest BCUT2D eigenvalue weighted by Crippen LogP contribution is 2.27. The van der Waals surface area contributed by atoms with Crippen molar-refractivity contribution in [3.63, 3.8) is 0 Å². The Morgan fingerprint density at radius 1 is 0.824 bits per heavy atom. The van der Waals surface area contributed by atoms with Crippen LogP contribution in [0.1, 0.15) is 23.1 Å². The summed E-state index contributed by atoms with van der Waals surface area (Å²) in [4.78, 5) is 0. The normalized spacial score (nSPS) is 13.6. The molecule has 0 bridgehead atoms. The van der Waals surface area contributed by atoms with E-state index in [9.17, 15) is 5.26 Å². The predicted octanol–water partition coefficient (Wildman–Crippen LogP) is 2.99. The molecule has 0 aromatic heterocycles. The first kappa shape index (κ1) is 11.4. The molecule has 84 valence electrons. The first-order valence-electron chi connectivity index (χ1n) is 5.58. The second-order valence-electron chi connectivity index (χ2n) is 3.95. The number of nitriles is 1. The number of hydrogen-bond donors (Lipinski definition) is 1. The van der Waals surface area contributed by atoms with E-state index < -0.39 is 0 Å². The molecule has 17 heavy (non-hydrogen) atoms. The number of nitrogens with two attached hydrogens (primary N) is 1. The Labute approximate surface area is 101 Å². The van der Waals surface area contributed by atoms with Gasteiger partial charge in [-0.15, -0.1) is 0 Å². The van der Waals surface area contributed by atoms with Crippen molar-refractivity contribution >= 4 is 0 Å². The summed E-state index contributed by atoms with van der Waals surface area (Å²) in [6.07, 6.45) is 0. The van der Waals surface area contributed by atoms with Gasteiger partial charge in [-0.1, -0.05) is 60.7 Å². The highest BCUT2D eigenvalue weighted by molar-refractivity contribution is 5.31. The van der Waals surface area contributed by atoms with Crippen molar-refractivity contribution in [2.75, 3.05) is 0 Å². The van der Waals surface area contributed by atoms with E-state index in [1.54, 1.807) is 0 Å². The quantitative estimate of drug-likeness (QED) is 0.867. The topological polar surface area (TPSA) is 49.8 Å². The molecular weight excluding hydrogens is 208 g/mol. The van der Waals surface area contributed by atoms with E-state index in [2.05, 4.69) is 6.07 Å². The van der Waals surface area contributed by atoms with Gasteiger partial charge >= 0.3 is 0 Å². The van der Waals surface area contributed by atoms with Crippen molar-refractivity contribution in [1.82, 2.24) is 0 Å². The maximum absolute atomic E-state index is 9.28. The van der Waals surface area contributed by atoms with Gasteiger partial charge in [0.05, 0.1) is 12.0 Å². The van der Waals surface area contributed by atoms with Crippen LogP contribution in [0.4, 0.5) is 0 Å². The third kappa shape index (κ3) is 2.52. The fourth-order valence-corrected chi connectivity index (χ4v) is 1.89. The summed E-state index contributed by atoms with van der Waals surface area (Å²) < 4.78 is 0. The Bertz CT molecular complexity index is 499. The number of hydrogen-bond acceptors (Lipinski definition) is 2. The summed E-state index contributed by atoms with van der Waals surface area (Å²) in [7, 11) is 0. The molecule has 0 heterocycles. The van der Waals surface area contributed by atoms with Crippen molar-refractivity contribution in [3.8, 4) is 6.07 Å². The van der Waals surface area contributed by atoms with Gasteiger partial charge in [-0.05, 0) is 11.1 Å². The highest BCUT2D eigenvalue weighted by Gasteiger charge is 2.20. The zero-order chi connectivity index (χ0) is 12.1. The molecule has 2 nitrogen and oxygen atoms in total. The second-order valence-corrected chi connectivity index (χ2v) is 3.95. The monoisotopic (exact) mass is 222 g/mol. The summed E-state index contributed by atoms with van der Waals surface area (Å²) in [5.74, 6) is -0.307. The Hall–Kier alpha value is -2.11. The molecule has 2 rings (SSSR count). The van der Waals surface area contributed by atoms with Crippen molar-refractivity contribution in [2.24, 2.45) is 5.73 Å². The summed E-state index contributed by atoms with van der Waals surface area (Å²) in [5, 5.41) is 9.28. The van der Waals surface area contributed by atoms with Crippen LogP contribution in [0.5, 0.6) is 0 Å². The Morgan fingerprint density at radius 3 is 1.76 bits per heavy atom. The minimum Gasteiger partial charge on any atom is -0.323 e. The van der Waals surface area contributed by atoms with Crippen molar-refractivity contribution in [2.45, 2.75) is 12.0 Å². The Balaban J connectivity index is 2.30. The molecule has 2 aromatic rings. The lowest BCUT2D eigenvalue weighted by molar-refractivity contribution is 0.656. The van der Waals surface area contributed by atoms with Crippen LogP contribution < -0.4 is 5.73 Å². The summed E-state index contributed by atoms with van der Waals surface area (Å²) in [5.41, 5.74) is 8.11. The zero-order valence-electron chi connectivity index (χ0n) is 9.45. The largest absolute Gasteiger partial charge is 0.323 e. The van der Waals surface area contributed by atoms with Gasteiger partial charge < -0.3 is 5.73 Å². The van der Waals surface area contributed by atoms with Crippen LogP contribution in [-0.4, -0.2) is 0 Å². The molecular formula is C15H14N2. The average Bonchev–Trinajstić information content (AvgIpc) is 2.42. The standard InChI is InChI=1S/C15H14N2/c16-11-14(12-7-3-1-4-8-12)15(17)13-9-5-2-6-10-13/h1-10,14-15H,17H2. The minimum atomic E-state index is -0.307. The molecule has 0 aliphatic heterocycles. The van der Waals surface area contributed by atoms with Gasteiger partial charge in [0.1, 0.15) is 0 Å². The predicted molar refractivity (Wildman–Crippen MR) is 68.2 cm³/mol. The van der Waals surface area contributed by atoms with Crippen molar-refractivity contribution in [1.29, 1.82) is 5.26 Å². The fraction of sp³-hybridized carbons (Fsp3) is 0.133. The van der Waals surface area contributed by atoms with Crippen molar-refractivity contribution < 1.29 is 0 Å². The molecule has 0 spiro atoms. The maximum Gasteiger partial charge on any atom is 0.0905 e. The van der Waals surface area contributed by atoms with Gasteiger partial charge in [0.2, 0.25) is 0 Å². The maximum atomic E-state index is 9.28. The lowest BCUT2D eigenvalue weighted by Crippen LogP contribution is -2.18. The number of benzene rings is 2. The van der Waals surface area contributed by atoms with Crippen LogP contribution in [0, 0.1) is 11.3 Å². The molecule has 0 aliphatic rings. The van der Waals surface area contributed by atoms with E-state index >= 15 is 0 Å². The lowest BCUT2D eigenvalue weighted by Gasteiger charge is -2.18. The van der Waals surface area contributed by atoms with Gasteiger partial charge in [-0.25, -0.2) is 0 Å². The summed E-state index contributed by atoms with van der Waals surface area (Å²) in [6, 6.07) is 21.4. The van der Waals surface area contributed by atoms with Gasteiger partial charge in [0.25, 0.3) is 0 Å². The van der Waals surface area contributed by atoms with Gasteiger partial charge in [0, 0.05) is 6.04 Å². The molecule has 2 aromatic carbocycles. The average molecular weight is 222 g/mol. The first-order chi connectivity index (χ1) is 8.33. The molecule has 0 aliphatic carbocycles. The SMILES string of the molecule is N#CC(c1ccccc1)C(N)c1ccccc1. The van der Waals surface area contributed by atoms with Crippen LogP contribution in [0.2, 0.25) is 0 Å².